The summed E-state index contributed by atoms with van der Waals surface area (Å²) in [5, 5.41) is 0.572. The quantitative estimate of drug-likeness (QED) is 0.686. The molecule has 1 aliphatic heterocycles. The Hall–Kier alpha value is -2.42. The van der Waals surface area contributed by atoms with Gasteiger partial charge in [-0.3, -0.25) is 20.4 Å². The summed E-state index contributed by atoms with van der Waals surface area (Å²) in [4.78, 5) is 24.7. The molecule has 0 atom stereocenters. The Kier molecular flexibility index (Phi) is 7.12. The number of hydrazine groups is 1. The van der Waals surface area contributed by atoms with Crippen LogP contribution in [0, 0.1) is 6.92 Å². The highest BCUT2D eigenvalue weighted by Crippen LogP contribution is 2.22. The van der Waals surface area contributed by atoms with E-state index in [0.717, 1.165) is 24.8 Å². The normalized spacial score (nSPS) is 14.9. The molecule has 2 aromatic rings. The molecule has 0 aromatic heterocycles. The molecule has 3 rings (SSSR count). The van der Waals surface area contributed by atoms with Crippen molar-refractivity contribution in [3.63, 3.8) is 0 Å². The maximum absolute atomic E-state index is 12.9. The highest BCUT2D eigenvalue weighted by molar-refractivity contribution is 7.89. The number of rotatable bonds is 5. The van der Waals surface area contributed by atoms with E-state index >= 15 is 0 Å². The highest BCUT2D eigenvalue weighted by Gasteiger charge is 2.27. The molecule has 0 saturated carbocycles. The lowest BCUT2D eigenvalue weighted by Crippen LogP contribution is -2.42. The average molecular weight is 450 g/mol. The Morgan fingerprint density at radius 1 is 1.00 bits per heavy atom. The van der Waals surface area contributed by atoms with Crippen molar-refractivity contribution in [1.29, 1.82) is 0 Å². The number of piperidine rings is 1. The molecule has 1 saturated heterocycles. The van der Waals surface area contributed by atoms with Crippen molar-refractivity contribution in [3.05, 3.63) is 64.2 Å². The van der Waals surface area contributed by atoms with Crippen molar-refractivity contribution in [2.75, 3.05) is 13.1 Å². The third-order valence-electron chi connectivity index (χ3n) is 5.00. The summed E-state index contributed by atoms with van der Waals surface area (Å²) in [5.41, 5.74) is 6.27. The van der Waals surface area contributed by atoms with Gasteiger partial charge in [0.05, 0.1) is 11.3 Å². The summed E-state index contributed by atoms with van der Waals surface area (Å²) in [6.45, 7) is 2.68. The van der Waals surface area contributed by atoms with E-state index in [1.807, 2.05) is 0 Å². The van der Waals surface area contributed by atoms with E-state index in [2.05, 4.69) is 10.9 Å². The van der Waals surface area contributed by atoms with Gasteiger partial charge in [0.2, 0.25) is 15.9 Å². The van der Waals surface area contributed by atoms with Crippen LogP contribution >= 0.6 is 11.6 Å². The molecule has 30 heavy (non-hydrogen) atoms. The molecule has 0 radical (unpaired) electrons. The molecule has 0 aliphatic carbocycles. The van der Waals surface area contributed by atoms with E-state index in [0.29, 0.717) is 23.7 Å². The van der Waals surface area contributed by atoms with Gasteiger partial charge >= 0.3 is 0 Å². The van der Waals surface area contributed by atoms with Gasteiger partial charge in [0.25, 0.3) is 5.91 Å². The van der Waals surface area contributed by atoms with Gasteiger partial charge in [-0.1, -0.05) is 36.2 Å². The van der Waals surface area contributed by atoms with Crippen molar-refractivity contribution in [1.82, 2.24) is 15.2 Å². The number of hydrogen-bond donors (Lipinski definition) is 2. The van der Waals surface area contributed by atoms with Crippen molar-refractivity contribution in [2.24, 2.45) is 0 Å². The SMILES string of the molecule is Cc1ccc(S(=O)(=O)N2CCCCC2)cc1C(=O)NNC(=O)Cc1ccc(Cl)cc1. The number of sulfonamides is 1. The molecule has 0 spiro atoms. The summed E-state index contributed by atoms with van der Waals surface area (Å²) in [6, 6.07) is 11.3. The van der Waals surface area contributed by atoms with Crippen LogP contribution in [0.2, 0.25) is 5.02 Å². The van der Waals surface area contributed by atoms with E-state index < -0.39 is 21.8 Å². The van der Waals surface area contributed by atoms with E-state index in [1.165, 1.54) is 16.4 Å². The molecule has 2 aromatic carbocycles. The molecule has 7 nitrogen and oxygen atoms in total. The number of carbonyl (C=O) groups is 2. The van der Waals surface area contributed by atoms with Crippen LogP contribution in [0.3, 0.4) is 0 Å². The monoisotopic (exact) mass is 449 g/mol. The fraction of sp³-hybridized carbons (Fsp3) is 0.333. The first-order chi connectivity index (χ1) is 14.3. The lowest BCUT2D eigenvalue weighted by Gasteiger charge is -2.26. The molecule has 1 aliphatic rings. The first-order valence-corrected chi connectivity index (χ1v) is 11.5. The average Bonchev–Trinajstić information content (AvgIpc) is 2.74. The number of halogens is 1. The highest BCUT2D eigenvalue weighted by atomic mass is 35.5. The van der Waals surface area contributed by atoms with E-state index in [9.17, 15) is 18.0 Å². The first kappa shape index (κ1) is 22.3. The lowest BCUT2D eigenvalue weighted by atomic mass is 10.1. The number of nitrogens with zero attached hydrogens (tertiary/aromatic N) is 1. The Balaban J connectivity index is 1.67. The summed E-state index contributed by atoms with van der Waals surface area (Å²) in [7, 11) is -3.66. The molecule has 1 fully saturated rings. The summed E-state index contributed by atoms with van der Waals surface area (Å²) < 4.78 is 27.2. The van der Waals surface area contributed by atoms with Crippen molar-refractivity contribution in [3.8, 4) is 0 Å². The van der Waals surface area contributed by atoms with Gasteiger partial charge < -0.3 is 0 Å². The second kappa shape index (κ2) is 9.59. The predicted molar refractivity (Wildman–Crippen MR) is 115 cm³/mol. The minimum absolute atomic E-state index is 0.0693. The fourth-order valence-electron chi connectivity index (χ4n) is 3.29. The molecule has 0 bridgehead atoms. The fourth-order valence-corrected chi connectivity index (χ4v) is 4.96. The summed E-state index contributed by atoms with van der Waals surface area (Å²) in [6.07, 6.45) is 2.75. The summed E-state index contributed by atoms with van der Waals surface area (Å²) in [5.74, 6) is -0.979. The minimum atomic E-state index is -3.66. The third kappa shape index (κ3) is 5.38. The van der Waals surface area contributed by atoms with Crippen LogP contribution in [0.4, 0.5) is 0 Å². The Morgan fingerprint density at radius 2 is 1.67 bits per heavy atom. The van der Waals surface area contributed by atoms with E-state index in [-0.39, 0.29) is 16.9 Å². The zero-order valence-corrected chi connectivity index (χ0v) is 18.2. The van der Waals surface area contributed by atoms with Crippen LogP contribution in [0.15, 0.2) is 47.4 Å². The second-order valence-electron chi connectivity index (χ2n) is 7.25. The van der Waals surface area contributed by atoms with Gasteiger partial charge in [0.15, 0.2) is 0 Å². The van der Waals surface area contributed by atoms with Gasteiger partial charge in [-0.25, -0.2) is 8.42 Å². The van der Waals surface area contributed by atoms with Gasteiger partial charge in [0, 0.05) is 23.7 Å². The molecular weight excluding hydrogens is 426 g/mol. The van der Waals surface area contributed by atoms with Gasteiger partial charge in [-0.2, -0.15) is 4.31 Å². The zero-order valence-electron chi connectivity index (χ0n) is 16.7. The number of aryl methyl sites for hydroxylation is 1. The second-order valence-corrected chi connectivity index (χ2v) is 9.62. The maximum Gasteiger partial charge on any atom is 0.269 e. The van der Waals surface area contributed by atoms with Crippen LogP contribution < -0.4 is 10.9 Å². The largest absolute Gasteiger partial charge is 0.273 e. The van der Waals surface area contributed by atoms with Gasteiger partial charge in [0.1, 0.15) is 0 Å². The number of carbonyl (C=O) groups excluding carboxylic acids is 2. The predicted octanol–water partition coefficient (Wildman–Crippen LogP) is 2.83. The van der Waals surface area contributed by atoms with Gasteiger partial charge in [-0.15, -0.1) is 0 Å². The van der Waals surface area contributed by atoms with Crippen molar-refractivity contribution in [2.45, 2.75) is 37.5 Å². The Bertz CT molecular complexity index is 1030. The van der Waals surface area contributed by atoms with Crippen LogP contribution in [-0.4, -0.2) is 37.6 Å². The third-order valence-corrected chi connectivity index (χ3v) is 7.15. The summed E-state index contributed by atoms with van der Waals surface area (Å²) >= 11 is 5.82. The molecule has 2 amide bonds. The Morgan fingerprint density at radius 3 is 2.33 bits per heavy atom. The van der Waals surface area contributed by atoms with Crippen molar-refractivity contribution < 1.29 is 18.0 Å². The lowest BCUT2D eigenvalue weighted by molar-refractivity contribution is -0.121. The molecular formula is C21H24ClN3O4S. The molecule has 9 heteroatoms. The van der Waals surface area contributed by atoms with E-state index in [4.69, 9.17) is 11.6 Å². The number of nitrogens with one attached hydrogen (secondary N) is 2. The maximum atomic E-state index is 12.9. The van der Waals surface area contributed by atoms with Crippen LogP contribution in [0.1, 0.15) is 40.7 Å². The van der Waals surface area contributed by atoms with Gasteiger partial charge in [-0.05, 0) is 55.2 Å². The molecule has 1 heterocycles. The minimum Gasteiger partial charge on any atom is -0.273 e. The molecule has 160 valence electrons. The Labute approximate surface area is 181 Å². The molecule has 2 N–H and O–H groups in total. The van der Waals surface area contributed by atoms with E-state index in [1.54, 1.807) is 37.3 Å². The van der Waals surface area contributed by atoms with Crippen LogP contribution in [-0.2, 0) is 21.2 Å². The topological polar surface area (TPSA) is 95.6 Å². The number of hydrogen-bond acceptors (Lipinski definition) is 4. The standard InChI is InChI=1S/C21H24ClN3O4S/c1-15-5-10-18(30(28,29)25-11-3-2-4-12-25)14-19(15)21(27)24-23-20(26)13-16-6-8-17(22)9-7-16/h5-10,14H,2-4,11-13H2,1H3,(H,23,26)(H,24,27). The van der Waals surface area contributed by atoms with Crippen LogP contribution in [0.5, 0.6) is 0 Å². The molecule has 0 unspecified atom stereocenters. The smallest absolute Gasteiger partial charge is 0.269 e. The zero-order chi connectivity index (χ0) is 21.7. The first-order valence-electron chi connectivity index (χ1n) is 9.72. The van der Waals surface area contributed by atoms with Crippen LogP contribution in [0.25, 0.3) is 0 Å². The van der Waals surface area contributed by atoms with Crippen molar-refractivity contribution >= 4 is 33.4 Å². The number of benzene rings is 2. The number of amides is 2.